The van der Waals surface area contributed by atoms with Crippen LogP contribution in [0.15, 0.2) is 108 Å². The predicted molar refractivity (Wildman–Crippen MR) is 151 cm³/mol. The van der Waals surface area contributed by atoms with Crippen molar-refractivity contribution >= 4 is 55.9 Å². The van der Waals surface area contributed by atoms with Crippen LogP contribution in [0, 0.1) is 3.57 Å². The fourth-order valence-electron chi connectivity index (χ4n) is 3.81. The second kappa shape index (κ2) is 10.3. The Kier molecular flexibility index (Phi) is 7.07. The van der Waals surface area contributed by atoms with Gasteiger partial charge in [-0.15, -0.1) is 0 Å². The minimum absolute atomic E-state index is 0.0137. The average molecular weight is 647 g/mol. The fraction of sp³-hybridized carbons (Fsp3) is 0. The summed E-state index contributed by atoms with van der Waals surface area (Å²) in [4.78, 5) is 0.0137. The third-order valence-electron chi connectivity index (χ3n) is 5.42. The van der Waals surface area contributed by atoms with E-state index in [1.807, 2.05) is 54.6 Å². The molecule has 0 aliphatic carbocycles. The number of benzene rings is 4. The lowest BCUT2D eigenvalue weighted by Gasteiger charge is -2.16. The van der Waals surface area contributed by atoms with Crippen molar-refractivity contribution in [3.05, 3.63) is 117 Å². The SMILES string of the molecule is O=S(=O)(Oc1c(Cl)cc(Cl)cc1-c1cnn(-c2ccccc2)c1-c1ccccc1I)c1ccccc1. The Bertz CT molecular complexity index is 1660. The van der Waals surface area contributed by atoms with Gasteiger partial charge in [0.1, 0.15) is 4.90 Å². The van der Waals surface area contributed by atoms with Crippen LogP contribution < -0.4 is 4.18 Å². The van der Waals surface area contributed by atoms with Crippen LogP contribution in [0.4, 0.5) is 0 Å². The van der Waals surface area contributed by atoms with Crippen molar-refractivity contribution in [2.45, 2.75) is 4.90 Å². The van der Waals surface area contributed by atoms with Gasteiger partial charge in [0.05, 0.1) is 22.6 Å². The molecule has 0 spiro atoms. The number of rotatable bonds is 6. The topological polar surface area (TPSA) is 61.2 Å². The van der Waals surface area contributed by atoms with Crippen molar-refractivity contribution in [2.24, 2.45) is 0 Å². The second-order valence-corrected chi connectivity index (χ2v) is 11.3. The molecule has 4 aromatic carbocycles. The summed E-state index contributed by atoms with van der Waals surface area (Å²) < 4.78 is 34.7. The Hall–Kier alpha value is -2.85. The Balaban J connectivity index is 1.76. The number of hydrogen-bond acceptors (Lipinski definition) is 4. The average Bonchev–Trinajstić information content (AvgIpc) is 3.31. The maximum atomic E-state index is 13.1. The van der Waals surface area contributed by atoms with Crippen molar-refractivity contribution in [3.63, 3.8) is 0 Å². The van der Waals surface area contributed by atoms with E-state index >= 15 is 0 Å². The Morgan fingerprint density at radius 3 is 2.11 bits per heavy atom. The van der Waals surface area contributed by atoms with E-state index in [9.17, 15) is 8.42 Å². The van der Waals surface area contributed by atoms with Crippen LogP contribution in [0.1, 0.15) is 0 Å². The molecule has 5 nitrogen and oxygen atoms in total. The predicted octanol–water partition coefficient (Wildman–Crippen LogP) is 7.89. The Morgan fingerprint density at radius 1 is 0.778 bits per heavy atom. The number of halogens is 3. The molecule has 0 aliphatic rings. The van der Waals surface area contributed by atoms with E-state index < -0.39 is 10.1 Å². The summed E-state index contributed by atoms with van der Waals surface area (Å²) in [6, 6.07) is 28.5. The van der Waals surface area contributed by atoms with E-state index in [0.29, 0.717) is 16.1 Å². The molecule has 5 aromatic rings. The zero-order valence-corrected chi connectivity index (χ0v) is 23.0. The zero-order chi connectivity index (χ0) is 25.3. The molecule has 0 amide bonds. The molecule has 36 heavy (non-hydrogen) atoms. The van der Waals surface area contributed by atoms with Gasteiger partial charge in [0.15, 0.2) is 5.75 Å². The van der Waals surface area contributed by atoms with Gasteiger partial charge in [0.25, 0.3) is 0 Å². The van der Waals surface area contributed by atoms with Gasteiger partial charge in [-0.25, -0.2) is 4.68 Å². The first kappa shape index (κ1) is 24.8. The molecule has 0 saturated carbocycles. The summed E-state index contributed by atoms with van der Waals surface area (Å²) in [5.74, 6) is -0.0234. The van der Waals surface area contributed by atoms with E-state index in [-0.39, 0.29) is 15.7 Å². The molecule has 0 fully saturated rings. The molecule has 0 bridgehead atoms. The maximum Gasteiger partial charge on any atom is 0.339 e. The third-order valence-corrected chi connectivity index (χ3v) is 8.10. The number of hydrogen-bond donors (Lipinski definition) is 0. The van der Waals surface area contributed by atoms with Crippen molar-refractivity contribution in [3.8, 4) is 33.8 Å². The van der Waals surface area contributed by atoms with Crippen LogP contribution in [-0.4, -0.2) is 18.2 Å². The number of para-hydroxylation sites is 1. The lowest BCUT2D eigenvalue weighted by Crippen LogP contribution is -2.10. The van der Waals surface area contributed by atoms with Crippen LogP contribution in [0.25, 0.3) is 28.1 Å². The minimum Gasteiger partial charge on any atom is -0.377 e. The first-order chi connectivity index (χ1) is 17.3. The van der Waals surface area contributed by atoms with Gasteiger partial charge in [-0.05, 0) is 65.1 Å². The van der Waals surface area contributed by atoms with Crippen LogP contribution in [-0.2, 0) is 10.1 Å². The van der Waals surface area contributed by atoms with E-state index in [4.69, 9.17) is 27.4 Å². The Morgan fingerprint density at radius 2 is 1.42 bits per heavy atom. The number of aromatic nitrogens is 2. The highest BCUT2D eigenvalue weighted by Crippen LogP contribution is 2.45. The van der Waals surface area contributed by atoms with Crippen LogP contribution in [0.3, 0.4) is 0 Å². The summed E-state index contributed by atoms with van der Waals surface area (Å²) in [5.41, 5.74) is 3.51. The molecule has 9 heteroatoms. The summed E-state index contributed by atoms with van der Waals surface area (Å²) in [5, 5.41) is 5.06. The lowest BCUT2D eigenvalue weighted by atomic mass is 10.0. The van der Waals surface area contributed by atoms with E-state index in [1.165, 1.54) is 18.2 Å². The van der Waals surface area contributed by atoms with E-state index in [2.05, 4.69) is 27.7 Å². The molecule has 0 saturated heterocycles. The summed E-state index contributed by atoms with van der Waals surface area (Å²) >= 11 is 15.2. The molecule has 1 heterocycles. The van der Waals surface area contributed by atoms with Gasteiger partial charge < -0.3 is 4.18 Å². The summed E-state index contributed by atoms with van der Waals surface area (Å²) in [7, 11) is -4.17. The molecule has 0 atom stereocenters. The fourth-order valence-corrected chi connectivity index (χ4v) is 6.02. The van der Waals surface area contributed by atoms with Crippen molar-refractivity contribution in [1.29, 1.82) is 0 Å². The van der Waals surface area contributed by atoms with Crippen LogP contribution in [0.5, 0.6) is 5.75 Å². The largest absolute Gasteiger partial charge is 0.377 e. The third kappa shape index (κ3) is 4.88. The molecule has 0 unspecified atom stereocenters. The van der Waals surface area contributed by atoms with Gasteiger partial charge in [0.2, 0.25) is 0 Å². The van der Waals surface area contributed by atoms with Gasteiger partial charge in [-0.3, -0.25) is 0 Å². The normalized spacial score (nSPS) is 11.4. The zero-order valence-electron chi connectivity index (χ0n) is 18.5. The second-order valence-electron chi connectivity index (χ2n) is 7.75. The first-order valence-electron chi connectivity index (χ1n) is 10.7. The van der Waals surface area contributed by atoms with Gasteiger partial charge in [-0.1, -0.05) is 77.8 Å². The highest BCUT2D eigenvalue weighted by Gasteiger charge is 2.26. The minimum atomic E-state index is -4.17. The molecular weight excluding hydrogens is 630 g/mol. The molecule has 180 valence electrons. The maximum absolute atomic E-state index is 13.1. The van der Waals surface area contributed by atoms with Gasteiger partial charge >= 0.3 is 10.1 Å². The monoisotopic (exact) mass is 646 g/mol. The highest BCUT2D eigenvalue weighted by atomic mass is 127. The van der Waals surface area contributed by atoms with E-state index in [0.717, 1.165) is 20.5 Å². The van der Waals surface area contributed by atoms with Crippen molar-refractivity contribution < 1.29 is 12.6 Å². The van der Waals surface area contributed by atoms with Crippen LogP contribution in [0.2, 0.25) is 10.0 Å². The summed E-state index contributed by atoms with van der Waals surface area (Å²) in [6.45, 7) is 0. The Labute approximate surface area is 232 Å². The van der Waals surface area contributed by atoms with E-state index in [1.54, 1.807) is 35.1 Å². The molecule has 0 radical (unpaired) electrons. The van der Waals surface area contributed by atoms with Gasteiger partial charge in [-0.2, -0.15) is 13.5 Å². The first-order valence-corrected chi connectivity index (χ1v) is 14.0. The smallest absolute Gasteiger partial charge is 0.339 e. The van der Waals surface area contributed by atoms with Gasteiger partial charge in [0, 0.05) is 25.3 Å². The van der Waals surface area contributed by atoms with Crippen LogP contribution >= 0.6 is 45.8 Å². The molecule has 1 aromatic heterocycles. The van der Waals surface area contributed by atoms with Crippen molar-refractivity contribution in [1.82, 2.24) is 9.78 Å². The number of nitrogens with zero attached hydrogens (tertiary/aromatic N) is 2. The molecule has 5 rings (SSSR count). The van der Waals surface area contributed by atoms with Crippen molar-refractivity contribution in [2.75, 3.05) is 0 Å². The summed E-state index contributed by atoms with van der Waals surface area (Å²) in [6.07, 6.45) is 1.66. The quantitative estimate of drug-likeness (QED) is 0.139. The molecule has 0 N–H and O–H groups in total. The standard InChI is InChI=1S/C27H17Cl2IN2O3S/c28-18-15-22(27(24(29)16-18)35-36(33,34)20-11-5-2-6-12-20)23-17-31-32(19-9-3-1-4-10-19)26(23)21-13-7-8-14-25(21)30/h1-17H. The molecular formula is C27H17Cl2IN2O3S. The lowest BCUT2D eigenvalue weighted by molar-refractivity contribution is 0.487. The molecule has 0 aliphatic heterocycles. The highest BCUT2D eigenvalue weighted by molar-refractivity contribution is 14.1.